The molecule has 1 aliphatic heterocycles. The molecule has 1 saturated heterocycles. The summed E-state index contributed by atoms with van der Waals surface area (Å²) in [5.41, 5.74) is 0.865. The maximum Gasteiger partial charge on any atom is 0.228 e. The molecule has 0 aromatic rings. The number of carbonyl (C=O) groups is 1. The standard InChI is InChI=1S/C18H30N2O/c1-16-6-13-7-17(2,10-16)12-18(8-13,11-16)15(21)20-5-4-14(9-20)19-3/h13-14,19H,4-12H2,1-3H3. The molecule has 5 aliphatic rings. The van der Waals surface area contributed by atoms with Crippen molar-refractivity contribution in [2.45, 2.75) is 64.8 Å². The first-order valence-corrected chi connectivity index (χ1v) is 8.82. The number of carbonyl (C=O) groups excluding carboxylic acids is 1. The Balaban J connectivity index is 1.61. The van der Waals surface area contributed by atoms with E-state index in [0.717, 1.165) is 38.3 Å². The molecule has 0 spiro atoms. The van der Waals surface area contributed by atoms with Gasteiger partial charge in [-0.25, -0.2) is 0 Å². The third kappa shape index (κ3) is 2.07. The van der Waals surface area contributed by atoms with Crippen LogP contribution in [0.15, 0.2) is 0 Å². The number of likely N-dealkylation sites (tertiary alicyclic amines) is 1. The molecule has 4 aliphatic carbocycles. The van der Waals surface area contributed by atoms with E-state index in [0.29, 0.717) is 22.8 Å². The zero-order chi connectivity index (χ0) is 14.9. The van der Waals surface area contributed by atoms with Crippen molar-refractivity contribution >= 4 is 5.91 Å². The van der Waals surface area contributed by atoms with Crippen molar-refractivity contribution in [1.29, 1.82) is 0 Å². The topological polar surface area (TPSA) is 32.3 Å². The molecule has 0 aromatic heterocycles. The van der Waals surface area contributed by atoms with Crippen molar-refractivity contribution < 1.29 is 4.79 Å². The van der Waals surface area contributed by atoms with Crippen LogP contribution in [0.5, 0.6) is 0 Å². The highest BCUT2D eigenvalue weighted by molar-refractivity contribution is 5.84. The van der Waals surface area contributed by atoms with Gasteiger partial charge in [0.1, 0.15) is 0 Å². The molecule has 3 nitrogen and oxygen atoms in total. The Hall–Kier alpha value is -0.570. The Morgan fingerprint density at radius 2 is 1.76 bits per heavy atom. The molecule has 4 bridgehead atoms. The van der Waals surface area contributed by atoms with E-state index in [1.807, 2.05) is 7.05 Å². The van der Waals surface area contributed by atoms with Crippen LogP contribution in [0.2, 0.25) is 0 Å². The monoisotopic (exact) mass is 290 g/mol. The van der Waals surface area contributed by atoms with Gasteiger partial charge >= 0.3 is 0 Å². The number of amides is 1. The third-order valence-corrected chi connectivity index (χ3v) is 6.96. The van der Waals surface area contributed by atoms with Gasteiger partial charge in [0.2, 0.25) is 5.91 Å². The summed E-state index contributed by atoms with van der Waals surface area (Å²) in [7, 11) is 2.02. The minimum Gasteiger partial charge on any atom is -0.341 e. The molecule has 0 aromatic carbocycles. The molecular weight excluding hydrogens is 260 g/mol. The van der Waals surface area contributed by atoms with Crippen LogP contribution in [-0.2, 0) is 4.79 Å². The predicted octanol–water partition coefficient (Wildman–Crippen LogP) is 2.80. The van der Waals surface area contributed by atoms with Crippen molar-refractivity contribution in [2.24, 2.45) is 22.2 Å². The third-order valence-electron chi connectivity index (χ3n) is 6.96. The van der Waals surface area contributed by atoms with Gasteiger partial charge in [-0.05, 0) is 68.7 Å². The smallest absolute Gasteiger partial charge is 0.228 e. The number of nitrogens with zero attached hydrogens (tertiary/aromatic N) is 1. The van der Waals surface area contributed by atoms with E-state index >= 15 is 0 Å². The molecular formula is C18H30N2O. The highest BCUT2D eigenvalue weighted by atomic mass is 16.2. The summed E-state index contributed by atoms with van der Waals surface area (Å²) < 4.78 is 0. The van der Waals surface area contributed by atoms with Crippen LogP contribution in [0.25, 0.3) is 0 Å². The molecule has 1 N–H and O–H groups in total. The van der Waals surface area contributed by atoms with Crippen molar-refractivity contribution in [1.82, 2.24) is 10.2 Å². The summed E-state index contributed by atoms with van der Waals surface area (Å²) in [5, 5.41) is 3.34. The van der Waals surface area contributed by atoms with Gasteiger partial charge in [-0.1, -0.05) is 13.8 Å². The Kier molecular flexibility index (Phi) is 2.84. The van der Waals surface area contributed by atoms with Gasteiger partial charge in [0.05, 0.1) is 5.41 Å². The number of hydrogen-bond acceptors (Lipinski definition) is 2. The van der Waals surface area contributed by atoms with E-state index in [-0.39, 0.29) is 5.41 Å². The van der Waals surface area contributed by atoms with Crippen LogP contribution in [-0.4, -0.2) is 37.0 Å². The predicted molar refractivity (Wildman–Crippen MR) is 83.9 cm³/mol. The lowest BCUT2D eigenvalue weighted by molar-refractivity contribution is -0.178. The lowest BCUT2D eigenvalue weighted by Crippen LogP contribution is -2.60. The molecule has 3 heteroatoms. The average Bonchev–Trinajstić information content (AvgIpc) is 2.81. The first-order chi connectivity index (χ1) is 9.85. The molecule has 21 heavy (non-hydrogen) atoms. The van der Waals surface area contributed by atoms with E-state index in [9.17, 15) is 4.79 Å². The van der Waals surface area contributed by atoms with Crippen molar-refractivity contribution in [3.8, 4) is 0 Å². The minimum atomic E-state index is -0.00838. The van der Waals surface area contributed by atoms with E-state index in [4.69, 9.17) is 0 Å². The summed E-state index contributed by atoms with van der Waals surface area (Å²) in [4.78, 5) is 15.5. The Labute approximate surface area is 128 Å². The normalized spacial score (nSPS) is 51.7. The zero-order valence-electron chi connectivity index (χ0n) is 13.9. The quantitative estimate of drug-likeness (QED) is 0.848. The molecule has 118 valence electrons. The molecule has 5 rings (SSSR count). The summed E-state index contributed by atoms with van der Waals surface area (Å²) in [6, 6.07) is 0.508. The molecule has 1 amide bonds. The van der Waals surface area contributed by atoms with Crippen LogP contribution >= 0.6 is 0 Å². The van der Waals surface area contributed by atoms with Gasteiger partial charge in [-0.2, -0.15) is 0 Å². The van der Waals surface area contributed by atoms with Crippen LogP contribution in [0.4, 0.5) is 0 Å². The van der Waals surface area contributed by atoms with Gasteiger partial charge < -0.3 is 10.2 Å². The fourth-order valence-electron chi connectivity index (χ4n) is 7.20. The Morgan fingerprint density at radius 1 is 1.10 bits per heavy atom. The molecule has 4 saturated carbocycles. The largest absolute Gasteiger partial charge is 0.341 e. The fourth-order valence-corrected chi connectivity index (χ4v) is 7.20. The van der Waals surface area contributed by atoms with Gasteiger partial charge in [0.15, 0.2) is 0 Å². The first kappa shape index (κ1) is 14.0. The Morgan fingerprint density at radius 3 is 2.29 bits per heavy atom. The second kappa shape index (κ2) is 4.24. The van der Waals surface area contributed by atoms with Crippen LogP contribution in [0.3, 0.4) is 0 Å². The lowest BCUT2D eigenvalue weighted by Gasteiger charge is -2.65. The maximum absolute atomic E-state index is 13.3. The van der Waals surface area contributed by atoms with Gasteiger partial charge in [-0.15, -0.1) is 0 Å². The van der Waals surface area contributed by atoms with E-state index in [1.165, 1.54) is 25.7 Å². The fraction of sp³-hybridized carbons (Fsp3) is 0.944. The van der Waals surface area contributed by atoms with Crippen LogP contribution in [0.1, 0.15) is 58.8 Å². The Bertz CT molecular complexity index is 456. The molecule has 5 fully saturated rings. The number of likely N-dealkylation sites (N-methyl/N-ethyl adjacent to an activating group) is 1. The number of hydrogen-bond donors (Lipinski definition) is 1. The van der Waals surface area contributed by atoms with Gasteiger partial charge in [0, 0.05) is 19.1 Å². The summed E-state index contributed by atoms with van der Waals surface area (Å²) in [6.07, 6.45) is 8.71. The van der Waals surface area contributed by atoms with Crippen LogP contribution < -0.4 is 5.32 Å². The summed E-state index contributed by atoms with van der Waals surface area (Å²) in [6.45, 7) is 6.80. The SMILES string of the molecule is CNC1CCN(C(=O)C23CC4CC(C)(CC(C)(C4)C2)C3)C1. The average molecular weight is 290 g/mol. The van der Waals surface area contributed by atoms with E-state index < -0.39 is 0 Å². The second-order valence-electron chi connectivity index (χ2n) is 9.44. The highest BCUT2D eigenvalue weighted by Crippen LogP contribution is 2.69. The molecule has 3 unspecified atom stereocenters. The van der Waals surface area contributed by atoms with Crippen LogP contribution in [0, 0.1) is 22.2 Å². The first-order valence-electron chi connectivity index (χ1n) is 8.82. The second-order valence-corrected chi connectivity index (χ2v) is 9.44. The highest BCUT2D eigenvalue weighted by Gasteiger charge is 2.63. The van der Waals surface area contributed by atoms with Gasteiger partial charge in [0.25, 0.3) is 0 Å². The van der Waals surface area contributed by atoms with Crippen molar-refractivity contribution in [2.75, 3.05) is 20.1 Å². The molecule has 0 radical (unpaired) electrons. The number of rotatable bonds is 2. The van der Waals surface area contributed by atoms with E-state index in [1.54, 1.807) is 0 Å². The summed E-state index contributed by atoms with van der Waals surface area (Å²) >= 11 is 0. The minimum absolute atomic E-state index is 0.00838. The zero-order valence-corrected chi connectivity index (χ0v) is 13.9. The van der Waals surface area contributed by atoms with Gasteiger partial charge in [-0.3, -0.25) is 4.79 Å². The molecule has 1 heterocycles. The summed E-state index contributed by atoms with van der Waals surface area (Å²) in [5.74, 6) is 1.31. The maximum atomic E-state index is 13.3. The van der Waals surface area contributed by atoms with Crippen molar-refractivity contribution in [3.63, 3.8) is 0 Å². The van der Waals surface area contributed by atoms with Crippen molar-refractivity contribution in [3.05, 3.63) is 0 Å². The number of nitrogens with one attached hydrogen (secondary N) is 1. The molecule has 3 atom stereocenters. The lowest BCUT2D eigenvalue weighted by atomic mass is 9.40. The van der Waals surface area contributed by atoms with E-state index in [2.05, 4.69) is 24.1 Å².